The molecule has 0 atom stereocenters. The summed E-state index contributed by atoms with van der Waals surface area (Å²) in [6, 6.07) is 0. The quantitative estimate of drug-likeness (QED) is 0.365. The molecule has 3 heteroatoms. The highest BCUT2D eigenvalue weighted by Gasteiger charge is 1.91. The molecule has 0 amide bonds. The second-order valence-corrected chi connectivity index (χ2v) is 2.54. The predicted octanol–water partition coefficient (Wildman–Crippen LogP) is 1.62. The minimum absolute atomic E-state index is 0.543. The van der Waals surface area contributed by atoms with Gasteiger partial charge in [0.1, 0.15) is 12.4 Å². The van der Waals surface area contributed by atoms with Gasteiger partial charge >= 0.3 is 0 Å². The normalized spacial score (nSPS) is 12.0. The molecule has 0 aliphatic carbocycles. The topological polar surface area (TPSA) is 44.5 Å². The molecule has 0 aliphatic rings. The summed E-state index contributed by atoms with van der Waals surface area (Å²) in [5.74, 6) is 0.821. The van der Waals surface area contributed by atoms with Gasteiger partial charge in [-0.2, -0.15) is 0 Å². The van der Waals surface area contributed by atoms with E-state index in [-0.39, 0.29) is 0 Å². The fourth-order valence-electron chi connectivity index (χ4n) is 0.794. The van der Waals surface area contributed by atoms with Crippen molar-refractivity contribution in [2.75, 3.05) is 26.4 Å². The Morgan fingerprint density at radius 3 is 2.71 bits per heavy atom. The highest BCUT2D eigenvalue weighted by atomic mass is 16.5. The first kappa shape index (κ1) is 12.9. The van der Waals surface area contributed by atoms with E-state index >= 15 is 0 Å². The summed E-state index contributed by atoms with van der Waals surface area (Å²) in [7, 11) is 0. The van der Waals surface area contributed by atoms with Crippen LogP contribution in [-0.4, -0.2) is 26.4 Å². The van der Waals surface area contributed by atoms with Gasteiger partial charge in [0.05, 0.1) is 13.2 Å². The van der Waals surface area contributed by atoms with Crippen LogP contribution in [-0.2, 0) is 9.47 Å². The van der Waals surface area contributed by atoms with Crippen LogP contribution < -0.4 is 5.73 Å². The maximum atomic E-state index is 5.40. The maximum absolute atomic E-state index is 5.40. The highest BCUT2D eigenvalue weighted by molar-refractivity contribution is 5.15. The highest BCUT2D eigenvalue weighted by Crippen LogP contribution is 1.99. The first-order valence-electron chi connectivity index (χ1n) is 4.71. The lowest BCUT2D eigenvalue weighted by Gasteiger charge is -2.06. The molecule has 2 N–H and O–H groups in total. The third-order valence-corrected chi connectivity index (χ3v) is 1.44. The molecule has 0 radical (unpaired) electrons. The van der Waals surface area contributed by atoms with E-state index in [2.05, 4.69) is 6.58 Å². The number of ether oxygens (including phenoxy) is 2. The van der Waals surface area contributed by atoms with Crippen LogP contribution in [0.1, 0.15) is 6.92 Å². The molecule has 0 aliphatic heterocycles. The van der Waals surface area contributed by atoms with E-state index < -0.39 is 0 Å². The smallest absolute Gasteiger partial charge is 0.115 e. The Morgan fingerprint density at radius 2 is 2.14 bits per heavy atom. The Hall–Kier alpha value is -1.06. The van der Waals surface area contributed by atoms with Crippen LogP contribution in [0.5, 0.6) is 0 Å². The van der Waals surface area contributed by atoms with Crippen LogP contribution in [0.25, 0.3) is 0 Å². The molecule has 0 spiro atoms. The molecule has 0 aromatic heterocycles. The van der Waals surface area contributed by atoms with Gasteiger partial charge in [0.2, 0.25) is 0 Å². The molecule has 0 aromatic rings. The predicted molar refractivity (Wildman–Crippen MR) is 58.9 cm³/mol. The zero-order chi connectivity index (χ0) is 10.6. The molecule has 0 saturated carbocycles. The van der Waals surface area contributed by atoms with Crippen molar-refractivity contribution >= 4 is 0 Å². The SMILES string of the molecule is C=C/C=C\C(=C/C)OCCOCCN. The van der Waals surface area contributed by atoms with Gasteiger partial charge in [-0.25, -0.2) is 0 Å². The fraction of sp³-hybridized carbons (Fsp3) is 0.455. The zero-order valence-electron chi connectivity index (χ0n) is 8.74. The first-order valence-corrected chi connectivity index (χ1v) is 4.71. The summed E-state index contributed by atoms with van der Waals surface area (Å²) >= 11 is 0. The molecule has 0 unspecified atom stereocenters. The van der Waals surface area contributed by atoms with Crippen molar-refractivity contribution in [1.82, 2.24) is 0 Å². The van der Waals surface area contributed by atoms with Gasteiger partial charge < -0.3 is 15.2 Å². The Balaban J connectivity index is 3.54. The molecule has 0 saturated heterocycles. The molecule has 14 heavy (non-hydrogen) atoms. The van der Waals surface area contributed by atoms with E-state index in [4.69, 9.17) is 15.2 Å². The Labute approximate surface area is 85.9 Å². The maximum Gasteiger partial charge on any atom is 0.115 e. The second kappa shape index (κ2) is 10.0. The summed E-state index contributed by atoms with van der Waals surface area (Å²) in [6.07, 6.45) is 7.28. The molecule has 3 nitrogen and oxygen atoms in total. The minimum atomic E-state index is 0.543. The number of nitrogens with two attached hydrogens (primary N) is 1. The summed E-state index contributed by atoms with van der Waals surface area (Å²) in [4.78, 5) is 0. The average Bonchev–Trinajstić information content (AvgIpc) is 2.22. The zero-order valence-corrected chi connectivity index (χ0v) is 8.74. The van der Waals surface area contributed by atoms with E-state index in [0.29, 0.717) is 26.4 Å². The molecule has 0 aromatic carbocycles. The third-order valence-electron chi connectivity index (χ3n) is 1.44. The monoisotopic (exact) mass is 197 g/mol. The number of hydrogen-bond donors (Lipinski definition) is 1. The lowest BCUT2D eigenvalue weighted by molar-refractivity contribution is 0.0831. The van der Waals surface area contributed by atoms with Crippen molar-refractivity contribution in [3.8, 4) is 0 Å². The van der Waals surface area contributed by atoms with Crippen molar-refractivity contribution in [2.45, 2.75) is 6.92 Å². The lowest BCUT2D eigenvalue weighted by Crippen LogP contribution is -2.11. The number of rotatable bonds is 8. The van der Waals surface area contributed by atoms with Gasteiger partial charge in [0.25, 0.3) is 0 Å². The van der Waals surface area contributed by atoms with Gasteiger partial charge in [-0.15, -0.1) is 0 Å². The van der Waals surface area contributed by atoms with Gasteiger partial charge in [0, 0.05) is 6.54 Å². The summed E-state index contributed by atoms with van der Waals surface area (Å²) in [6.45, 7) is 7.74. The van der Waals surface area contributed by atoms with Crippen molar-refractivity contribution < 1.29 is 9.47 Å². The van der Waals surface area contributed by atoms with Crippen LogP contribution in [0.15, 0.2) is 36.6 Å². The van der Waals surface area contributed by atoms with E-state index in [9.17, 15) is 0 Å². The first-order chi connectivity index (χ1) is 6.85. The van der Waals surface area contributed by atoms with Gasteiger partial charge in [-0.1, -0.05) is 18.7 Å². The Bertz CT molecular complexity index is 197. The molecule has 0 bridgehead atoms. The number of hydrogen-bond acceptors (Lipinski definition) is 3. The summed E-state index contributed by atoms with van der Waals surface area (Å²) < 4.78 is 10.6. The van der Waals surface area contributed by atoms with E-state index in [0.717, 1.165) is 5.76 Å². The van der Waals surface area contributed by atoms with E-state index in [1.54, 1.807) is 6.08 Å². The molecule has 0 fully saturated rings. The van der Waals surface area contributed by atoms with Crippen LogP contribution >= 0.6 is 0 Å². The molecular weight excluding hydrogens is 178 g/mol. The van der Waals surface area contributed by atoms with Crippen molar-refractivity contribution in [3.05, 3.63) is 36.6 Å². The van der Waals surface area contributed by atoms with Crippen LogP contribution in [0.4, 0.5) is 0 Å². The van der Waals surface area contributed by atoms with Crippen LogP contribution in [0.3, 0.4) is 0 Å². The van der Waals surface area contributed by atoms with Crippen molar-refractivity contribution in [2.24, 2.45) is 5.73 Å². The van der Waals surface area contributed by atoms with Gasteiger partial charge in [-0.3, -0.25) is 0 Å². The fourth-order valence-corrected chi connectivity index (χ4v) is 0.794. The largest absolute Gasteiger partial charge is 0.492 e. The Morgan fingerprint density at radius 1 is 1.36 bits per heavy atom. The van der Waals surface area contributed by atoms with Gasteiger partial charge in [-0.05, 0) is 19.1 Å². The average molecular weight is 197 g/mol. The van der Waals surface area contributed by atoms with Crippen LogP contribution in [0.2, 0.25) is 0 Å². The lowest BCUT2D eigenvalue weighted by atomic mass is 10.4. The number of allylic oxidation sites excluding steroid dienone is 4. The Kier molecular flexibility index (Phi) is 9.26. The summed E-state index contributed by atoms with van der Waals surface area (Å²) in [5, 5.41) is 0. The minimum Gasteiger partial charge on any atom is -0.492 e. The third kappa shape index (κ3) is 7.58. The van der Waals surface area contributed by atoms with Crippen molar-refractivity contribution in [3.63, 3.8) is 0 Å². The summed E-state index contributed by atoms with van der Waals surface area (Å²) in [5.41, 5.74) is 5.26. The van der Waals surface area contributed by atoms with Crippen LogP contribution in [0, 0.1) is 0 Å². The molecular formula is C11H19NO2. The van der Waals surface area contributed by atoms with Crippen molar-refractivity contribution in [1.29, 1.82) is 0 Å². The standard InChI is InChI=1S/C11H19NO2/c1-3-5-6-11(4-2)14-10-9-13-8-7-12/h3-6H,1,7-10,12H2,2H3/b6-5-,11-4+. The molecule has 0 rings (SSSR count). The van der Waals surface area contributed by atoms with E-state index in [1.165, 1.54) is 0 Å². The molecule has 80 valence electrons. The van der Waals surface area contributed by atoms with E-state index in [1.807, 2.05) is 25.2 Å². The molecule has 0 heterocycles. The van der Waals surface area contributed by atoms with Gasteiger partial charge in [0.15, 0.2) is 0 Å². The second-order valence-electron chi connectivity index (χ2n) is 2.54.